The van der Waals surface area contributed by atoms with Gasteiger partial charge in [0.2, 0.25) is 0 Å². The van der Waals surface area contributed by atoms with Crippen LogP contribution in [0.2, 0.25) is 0 Å². The van der Waals surface area contributed by atoms with Crippen molar-refractivity contribution < 1.29 is 19.1 Å². The van der Waals surface area contributed by atoms with Crippen LogP contribution in [0.15, 0.2) is 30.3 Å². The summed E-state index contributed by atoms with van der Waals surface area (Å²) in [5, 5.41) is 0. The third-order valence-electron chi connectivity index (χ3n) is 1.39. The highest BCUT2D eigenvalue weighted by Crippen LogP contribution is 1.91. The molecular weight excluding hydrogens is 232 g/mol. The maximum atomic E-state index is 10.2. The highest BCUT2D eigenvalue weighted by atomic mass is 16.5. The summed E-state index contributed by atoms with van der Waals surface area (Å²) < 4.78 is 4.37. The van der Waals surface area contributed by atoms with Crippen molar-refractivity contribution in [2.24, 2.45) is 0 Å². The van der Waals surface area contributed by atoms with E-state index in [9.17, 15) is 9.59 Å². The highest BCUT2D eigenvalue weighted by molar-refractivity contribution is 6.20. The molecule has 0 amide bonds. The van der Waals surface area contributed by atoms with Crippen molar-refractivity contribution in [2.45, 2.75) is 20.8 Å². The first-order valence-electron chi connectivity index (χ1n) is 5.61. The van der Waals surface area contributed by atoms with Gasteiger partial charge in [0.15, 0.2) is 0 Å². The van der Waals surface area contributed by atoms with Gasteiger partial charge in [-0.1, -0.05) is 44.2 Å². The van der Waals surface area contributed by atoms with E-state index in [2.05, 4.69) is 9.53 Å². The van der Waals surface area contributed by atoms with Gasteiger partial charge in [0.25, 0.3) is 0 Å². The predicted molar refractivity (Wildman–Crippen MR) is 68.9 cm³/mol. The van der Waals surface area contributed by atoms with Gasteiger partial charge in [0, 0.05) is 5.56 Å². The lowest BCUT2D eigenvalue weighted by Gasteiger charge is -1.86. The first-order chi connectivity index (χ1) is 8.74. The topological polar surface area (TPSA) is 81.3 Å². The van der Waals surface area contributed by atoms with E-state index in [1.165, 1.54) is 0 Å². The summed E-state index contributed by atoms with van der Waals surface area (Å²) in [7, 11) is 0. The van der Waals surface area contributed by atoms with Gasteiger partial charge in [-0.25, -0.2) is 4.79 Å². The average Bonchev–Trinajstić information content (AvgIpc) is 2.43. The lowest BCUT2D eigenvalue weighted by atomic mass is 10.2. The fraction of sp³-hybridized carbons (Fsp3) is 0.308. The first kappa shape index (κ1) is 18.1. The zero-order chi connectivity index (χ0) is 14.2. The van der Waals surface area contributed by atoms with Crippen LogP contribution in [-0.4, -0.2) is 29.9 Å². The SMILES string of the molecule is CC.CCOC(=O)C=[N+]=N.O=Cc1ccccc1. The minimum absolute atomic E-state index is 0.324. The predicted octanol–water partition coefficient (Wildman–Crippen LogP) is 2.38. The standard InChI is InChI=1S/C7H6O.C4H7N2O2.C2H6/c8-6-7-4-2-1-3-5-7;1-2-8-4(7)3-6-5;1-2/h1-6H;3,5H,2H2,1H3;1-2H3/q;+1;. The second-order valence-electron chi connectivity index (χ2n) is 2.54. The molecule has 0 aliphatic carbocycles. The molecular formula is C13H19N2O3+. The second-order valence-corrected chi connectivity index (χ2v) is 2.54. The van der Waals surface area contributed by atoms with Crippen LogP contribution in [0.5, 0.6) is 0 Å². The van der Waals surface area contributed by atoms with E-state index in [1.54, 1.807) is 19.1 Å². The quantitative estimate of drug-likeness (QED) is 0.294. The molecule has 0 aromatic heterocycles. The van der Waals surface area contributed by atoms with E-state index in [1.807, 2.05) is 32.0 Å². The van der Waals surface area contributed by atoms with Crippen LogP contribution in [-0.2, 0) is 9.53 Å². The van der Waals surface area contributed by atoms with E-state index >= 15 is 0 Å². The molecule has 0 bridgehead atoms. The molecule has 1 N–H and O–H groups in total. The molecule has 0 saturated heterocycles. The second kappa shape index (κ2) is 14.7. The van der Waals surface area contributed by atoms with Crippen molar-refractivity contribution in [3.05, 3.63) is 35.9 Å². The minimum atomic E-state index is -0.567. The lowest BCUT2D eigenvalue weighted by Crippen LogP contribution is -2.04. The Morgan fingerprint density at radius 1 is 1.33 bits per heavy atom. The van der Waals surface area contributed by atoms with Gasteiger partial charge in [-0.15, -0.1) is 0 Å². The summed E-state index contributed by atoms with van der Waals surface area (Å²) in [6, 6.07) is 9.10. The lowest BCUT2D eigenvalue weighted by molar-refractivity contribution is -0.148. The molecule has 1 aromatic carbocycles. The largest absolute Gasteiger partial charge is 0.458 e. The minimum Gasteiger partial charge on any atom is -0.458 e. The molecule has 98 valence electrons. The molecule has 18 heavy (non-hydrogen) atoms. The molecule has 5 nitrogen and oxygen atoms in total. The third-order valence-corrected chi connectivity index (χ3v) is 1.39. The van der Waals surface area contributed by atoms with Crippen LogP contribution in [0.3, 0.4) is 0 Å². The number of ether oxygens (including phenoxy) is 1. The van der Waals surface area contributed by atoms with E-state index in [0.29, 0.717) is 6.61 Å². The van der Waals surface area contributed by atoms with E-state index in [0.717, 1.165) is 18.1 Å². The summed E-state index contributed by atoms with van der Waals surface area (Å²) in [5.74, 6) is -0.567. The maximum Gasteiger partial charge on any atom is 0.418 e. The number of nitrogens with zero attached hydrogens (tertiary/aromatic N) is 1. The number of benzene rings is 1. The summed E-state index contributed by atoms with van der Waals surface area (Å²) in [4.78, 5) is 22.9. The van der Waals surface area contributed by atoms with Crippen LogP contribution >= 0.6 is 0 Å². The highest BCUT2D eigenvalue weighted by Gasteiger charge is 2.00. The number of rotatable bonds is 3. The molecule has 0 atom stereocenters. The number of hydrogen-bond acceptors (Lipinski definition) is 4. The molecule has 1 aromatic rings. The Morgan fingerprint density at radius 2 is 1.89 bits per heavy atom. The molecule has 0 unspecified atom stereocenters. The van der Waals surface area contributed by atoms with Crippen LogP contribution in [0.25, 0.3) is 0 Å². The Kier molecular flexibility index (Phi) is 14.8. The molecule has 0 aliphatic heterocycles. The van der Waals surface area contributed by atoms with Gasteiger partial charge in [0.1, 0.15) is 6.29 Å². The molecule has 5 heteroatoms. The molecule has 0 aliphatic rings. The average molecular weight is 251 g/mol. The summed E-state index contributed by atoms with van der Waals surface area (Å²) >= 11 is 0. The van der Waals surface area contributed by atoms with Crippen molar-refractivity contribution in [1.82, 2.24) is 0 Å². The Bertz CT molecular complexity index is 371. The molecule has 0 heterocycles. The molecule has 0 fully saturated rings. The molecule has 0 radical (unpaired) electrons. The van der Waals surface area contributed by atoms with E-state index in [4.69, 9.17) is 5.53 Å². The van der Waals surface area contributed by atoms with Crippen LogP contribution < -0.4 is 0 Å². The molecule has 1 rings (SSSR count). The number of nitrogens with one attached hydrogen (secondary N) is 1. The van der Waals surface area contributed by atoms with Gasteiger partial charge < -0.3 is 4.74 Å². The van der Waals surface area contributed by atoms with E-state index < -0.39 is 5.97 Å². The van der Waals surface area contributed by atoms with Gasteiger partial charge in [-0.2, -0.15) is 0 Å². The van der Waals surface area contributed by atoms with Gasteiger partial charge in [-0.05, 0) is 6.92 Å². The van der Waals surface area contributed by atoms with Crippen LogP contribution in [0, 0.1) is 5.53 Å². The van der Waals surface area contributed by atoms with Crippen molar-refractivity contribution >= 4 is 18.5 Å². The fourth-order valence-corrected chi connectivity index (χ4v) is 0.764. The number of carbonyl (C=O) groups is 2. The van der Waals surface area contributed by atoms with Gasteiger partial charge in [0.05, 0.1) is 16.9 Å². The third kappa shape index (κ3) is 11.8. The zero-order valence-electron chi connectivity index (χ0n) is 10.9. The maximum absolute atomic E-state index is 10.2. The Morgan fingerprint density at radius 3 is 2.22 bits per heavy atom. The first-order valence-corrected chi connectivity index (χ1v) is 5.61. The zero-order valence-corrected chi connectivity index (χ0v) is 10.9. The Balaban J connectivity index is 0. The monoisotopic (exact) mass is 251 g/mol. The van der Waals surface area contributed by atoms with E-state index in [-0.39, 0.29) is 0 Å². The Hall–Kier alpha value is -2.26. The van der Waals surface area contributed by atoms with Gasteiger partial charge in [-0.3, -0.25) is 4.79 Å². The number of aldehydes is 1. The number of esters is 1. The molecule has 0 spiro atoms. The summed E-state index contributed by atoms with van der Waals surface area (Å²) in [6.45, 7) is 6.01. The van der Waals surface area contributed by atoms with Crippen molar-refractivity contribution in [2.75, 3.05) is 6.61 Å². The molecule has 0 saturated carbocycles. The van der Waals surface area contributed by atoms with Crippen LogP contribution in [0.4, 0.5) is 0 Å². The van der Waals surface area contributed by atoms with Crippen molar-refractivity contribution in [3.8, 4) is 0 Å². The number of hydrogen-bond donors (Lipinski definition) is 1. The van der Waals surface area contributed by atoms with Crippen molar-refractivity contribution in [3.63, 3.8) is 0 Å². The van der Waals surface area contributed by atoms with Crippen molar-refractivity contribution in [1.29, 1.82) is 5.53 Å². The Labute approximate surface area is 107 Å². The smallest absolute Gasteiger partial charge is 0.418 e. The van der Waals surface area contributed by atoms with Gasteiger partial charge >= 0.3 is 12.2 Å². The summed E-state index contributed by atoms with van der Waals surface area (Å²) in [5.41, 5.74) is 6.91. The van der Waals surface area contributed by atoms with Crippen LogP contribution in [0.1, 0.15) is 31.1 Å². The normalized spacial score (nSPS) is 7.28. The number of carbonyl (C=O) groups excluding carboxylic acids is 2. The summed E-state index contributed by atoms with van der Waals surface area (Å²) in [6.07, 6.45) is 1.64. The fourth-order valence-electron chi connectivity index (χ4n) is 0.764.